The van der Waals surface area contributed by atoms with Crippen LogP contribution in [0.1, 0.15) is 57.7 Å². The molecule has 2 unspecified atom stereocenters. The molecule has 7 nitrogen and oxygen atoms in total. The molecule has 1 aromatic carbocycles. The molecule has 1 aliphatic rings. The second-order valence-electron chi connectivity index (χ2n) is 9.42. The van der Waals surface area contributed by atoms with Gasteiger partial charge in [0.15, 0.2) is 0 Å². The molecule has 170 valence electrons. The number of carbonyl (C=O) groups excluding carboxylic acids is 3. The van der Waals surface area contributed by atoms with Crippen LogP contribution >= 0.6 is 0 Å². The zero-order valence-electron chi connectivity index (χ0n) is 19.6. The molecule has 0 aliphatic carbocycles. The van der Waals surface area contributed by atoms with Crippen molar-refractivity contribution in [2.45, 2.75) is 72.9 Å². The molecule has 7 heteroatoms. The van der Waals surface area contributed by atoms with Gasteiger partial charge in [-0.1, -0.05) is 36.2 Å². The maximum Gasteiger partial charge on any atom is 0.267 e. The monoisotopic (exact) mass is 428 g/mol. The van der Waals surface area contributed by atoms with Crippen LogP contribution in [0.5, 0.6) is 0 Å². The summed E-state index contributed by atoms with van der Waals surface area (Å²) in [6.45, 7) is 12.7. The topological polar surface area (TPSA) is 102 Å². The molecule has 2 rings (SSSR count). The zero-order chi connectivity index (χ0) is 23.5. The minimum absolute atomic E-state index is 0.0617. The third kappa shape index (κ3) is 6.09. The standard InChI is InChI=1S/C24H35N3O4/c1-8-18-16(4)25-22(29)21(19(18)12-17-10-14(2)9-15(3)11-17)26-20(28)13-27(23(30)31)24(5,6)7/h9-11,16,18H,8,12-13H2,1-7H3,(H,25,29)(H,26,28)(H,30,31)/p-1. The first-order valence-corrected chi connectivity index (χ1v) is 10.7. The Morgan fingerprint density at radius 1 is 1.16 bits per heavy atom. The molecule has 2 N–H and O–H groups in total. The van der Waals surface area contributed by atoms with Crippen LogP contribution < -0.4 is 15.7 Å². The van der Waals surface area contributed by atoms with Gasteiger partial charge in [-0.15, -0.1) is 0 Å². The van der Waals surface area contributed by atoms with Crippen molar-refractivity contribution in [3.05, 3.63) is 46.2 Å². The molecule has 1 aromatic rings. The van der Waals surface area contributed by atoms with Crippen molar-refractivity contribution >= 4 is 17.9 Å². The van der Waals surface area contributed by atoms with E-state index in [1.807, 2.05) is 20.8 Å². The molecular weight excluding hydrogens is 394 g/mol. The van der Waals surface area contributed by atoms with Crippen molar-refractivity contribution in [1.29, 1.82) is 0 Å². The summed E-state index contributed by atoms with van der Waals surface area (Å²) in [4.78, 5) is 38.0. The quantitative estimate of drug-likeness (QED) is 0.725. The number of hydrogen-bond donors (Lipinski definition) is 2. The smallest absolute Gasteiger partial charge is 0.267 e. The molecule has 1 heterocycles. The van der Waals surface area contributed by atoms with E-state index in [1.165, 1.54) is 0 Å². The predicted octanol–water partition coefficient (Wildman–Crippen LogP) is 2.20. The minimum Gasteiger partial charge on any atom is -0.530 e. The summed E-state index contributed by atoms with van der Waals surface area (Å²) in [6, 6.07) is 6.20. The van der Waals surface area contributed by atoms with Crippen molar-refractivity contribution in [2.24, 2.45) is 5.92 Å². The highest BCUT2D eigenvalue weighted by molar-refractivity contribution is 6.00. The number of amides is 3. The first-order valence-electron chi connectivity index (χ1n) is 10.7. The van der Waals surface area contributed by atoms with Crippen molar-refractivity contribution in [3.63, 3.8) is 0 Å². The van der Waals surface area contributed by atoms with Crippen LogP contribution in [0, 0.1) is 19.8 Å². The fourth-order valence-electron chi connectivity index (χ4n) is 4.26. The number of benzene rings is 1. The van der Waals surface area contributed by atoms with Gasteiger partial charge in [0.05, 0.1) is 6.54 Å². The Hall–Kier alpha value is -2.83. The minimum atomic E-state index is -1.43. The largest absolute Gasteiger partial charge is 0.530 e. The maximum atomic E-state index is 12.8. The molecule has 1 aliphatic heterocycles. The van der Waals surface area contributed by atoms with E-state index in [1.54, 1.807) is 20.8 Å². The summed E-state index contributed by atoms with van der Waals surface area (Å²) in [5, 5.41) is 17.1. The Morgan fingerprint density at radius 3 is 2.23 bits per heavy atom. The van der Waals surface area contributed by atoms with E-state index in [-0.39, 0.29) is 23.6 Å². The Morgan fingerprint density at radius 2 is 1.74 bits per heavy atom. The van der Waals surface area contributed by atoms with Crippen molar-refractivity contribution in [1.82, 2.24) is 15.5 Å². The van der Waals surface area contributed by atoms with E-state index in [0.29, 0.717) is 6.42 Å². The van der Waals surface area contributed by atoms with Gasteiger partial charge in [0.25, 0.3) is 5.91 Å². The Labute approximate surface area is 184 Å². The van der Waals surface area contributed by atoms with Crippen LogP contribution in [0.15, 0.2) is 29.5 Å². The highest BCUT2D eigenvalue weighted by atomic mass is 16.4. The third-order valence-electron chi connectivity index (χ3n) is 5.67. The lowest BCUT2D eigenvalue weighted by Gasteiger charge is -2.38. The van der Waals surface area contributed by atoms with Crippen LogP contribution in [0.3, 0.4) is 0 Å². The van der Waals surface area contributed by atoms with Gasteiger partial charge in [0.1, 0.15) is 11.8 Å². The van der Waals surface area contributed by atoms with Gasteiger partial charge in [0.2, 0.25) is 5.91 Å². The number of carboxylic acid groups (broad SMARTS) is 1. The molecule has 0 fully saturated rings. The average molecular weight is 429 g/mol. The molecule has 0 bridgehead atoms. The lowest BCUT2D eigenvalue weighted by Crippen LogP contribution is -2.56. The first-order chi connectivity index (χ1) is 14.3. The molecule has 0 radical (unpaired) electrons. The molecule has 31 heavy (non-hydrogen) atoms. The number of carbonyl (C=O) groups is 3. The maximum absolute atomic E-state index is 12.8. The van der Waals surface area contributed by atoms with E-state index in [0.717, 1.165) is 33.6 Å². The Balaban J connectivity index is 2.41. The third-order valence-corrected chi connectivity index (χ3v) is 5.67. The lowest BCUT2D eigenvalue weighted by atomic mass is 9.81. The number of nitrogens with zero attached hydrogens (tertiary/aromatic N) is 1. The average Bonchev–Trinajstić information content (AvgIpc) is 2.61. The van der Waals surface area contributed by atoms with Gasteiger partial charge in [-0.2, -0.15) is 0 Å². The second kappa shape index (κ2) is 9.54. The van der Waals surface area contributed by atoms with E-state index < -0.39 is 24.1 Å². The first kappa shape index (κ1) is 24.4. The summed E-state index contributed by atoms with van der Waals surface area (Å²) < 4.78 is 0. The summed E-state index contributed by atoms with van der Waals surface area (Å²) in [5.74, 6) is -0.846. The summed E-state index contributed by atoms with van der Waals surface area (Å²) in [5.41, 5.74) is 3.64. The van der Waals surface area contributed by atoms with Crippen molar-refractivity contribution in [3.8, 4) is 0 Å². The van der Waals surface area contributed by atoms with Crippen LogP contribution in [0.4, 0.5) is 4.79 Å². The number of hydrogen-bond acceptors (Lipinski definition) is 4. The number of aryl methyl sites for hydroxylation is 2. The molecule has 0 spiro atoms. The lowest BCUT2D eigenvalue weighted by molar-refractivity contribution is -0.270. The fraction of sp³-hybridized carbons (Fsp3) is 0.542. The van der Waals surface area contributed by atoms with Crippen LogP contribution in [-0.4, -0.2) is 40.9 Å². The second-order valence-corrected chi connectivity index (χ2v) is 9.42. The molecule has 0 saturated carbocycles. The highest BCUT2D eigenvalue weighted by Gasteiger charge is 2.34. The van der Waals surface area contributed by atoms with Crippen molar-refractivity contribution < 1.29 is 19.5 Å². The van der Waals surface area contributed by atoms with Gasteiger partial charge in [-0.05, 0) is 65.5 Å². The van der Waals surface area contributed by atoms with E-state index in [2.05, 4.69) is 35.8 Å². The van der Waals surface area contributed by atoms with Crippen LogP contribution in [-0.2, 0) is 16.0 Å². The molecule has 2 atom stereocenters. The zero-order valence-corrected chi connectivity index (χ0v) is 19.6. The molecule has 3 amide bonds. The normalized spacial score (nSPS) is 19.1. The predicted molar refractivity (Wildman–Crippen MR) is 118 cm³/mol. The number of nitrogens with one attached hydrogen (secondary N) is 2. The SMILES string of the molecule is CCC1C(Cc2cc(C)cc(C)c2)=C(NC(=O)CN(C(=O)[O-])C(C)(C)C)C(=O)NC1C. The van der Waals surface area contributed by atoms with Crippen LogP contribution in [0.25, 0.3) is 0 Å². The van der Waals surface area contributed by atoms with Gasteiger partial charge < -0.3 is 25.4 Å². The van der Waals surface area contributed by atoms with Gasteiger partial charge in [-0.25, -0.2) is 0 Å². The Kier molecular flexibility index (Phi) is 7.52. The number of rotatable bonds is 6. The summed E-state index contributed by atoms with van der Waals surface area (Å²) in [6.07, 6.45) is -0.0911. The van der Waals surface area contributed by atoms with E-state index in [9.17, 15) is 19.5 Å². The van der Waals surface area contributed by atoms with E-state index in [4.69, 9.17) is 0 Å². The summed E-state index contributed by atoms with van der Waals surface area (Å²) >= 11 is 0. The van der Waals surface area contributed by atoms with Gasteiger partial charge >= 0.3 is 0 Å². The fourth-order valence-corrected chi connectivity index (χ4v) is 4.26. The Bertz CT molecular complexity index is 878. The van der Waals surface area contributed by atoms with Crippen molar-refractivity contribution in [2.75, 3.05) is 6.54 Å². The van der Waals surface area contributed by atoms with Gasteiger partial charge in [0, 0.05) is 17.5 Å². The van der Waals surface area contributed by atoms with E-state index >= 15 is 0 Å². The molecule has 0 aromatic heterocycles. The van der Waals surface area contributed by atoms with Gasteiger partial charge in [-0.3, -0.25) is 9.59 Å². The van der Waals surface area contributed by atoms with Crippen LogP contribution in [0.2, 0.25) is 0 Å². The summed E-state index contributed by atoms with van der Waals surface area (Å²) in [7, 11) is 0. The molecule has 0 saturated heterocycles. The molecular formula is C24H34N3O4-. The highest BCUT2D eigenvalue weighted by Crippen LogP contribution is 2.30.